The third-order valence-corrected chi connectivity index (χ3v) is 5.18. The fraction of sp³-hybridized carbons (Fsp3) is 0.333. The number of pyridine rings is 1. The van der Waals surface area contributed by atoms with E-state index < -0.39 is 10.8 Å². The second-order valence-electron chi connectivity index (χ2n) is 5.20. The van der Waals surface area contributed by atoms with Gasteiger partial charge in [0.05, 0.1) is 5.56 Å². The van der Waals surface area contributed by atoms with Crippen LogP contribution in [0.2, 0.25) is 0 Å². The molecule has 2 heterocycles. The third-order valence-electron chi connectivity index (χ3n) is 3.79. The monoisotopic (exact) mass is 303 g/mol. The number of rotatable bonds is 2. The van der Waals surface area contributed by atoms with Gasteiger partial charge < -0.3 is 11.1 Å². The first-order chi connectivity index (χ1) is 10.1. The summed E-state index contributed by atoms with van der Waals surface area (Å²) in [4.78, 5) is 16.6. The van der Waals surface area contributed by atoms with Crippen molar-refractivity contribution in [2.24, 2.45) is 0 Å². The van der Waals surface area contributed by atoms with Crippen LogP contribution in [-0.4, -0.2) is 32.6 Å². The summed E-state index contributed by atoms with van der Waals surface area (Å²) in [6, 6.07) is 7.57. The standard InChI is InChI=1S/C15H17N3O2S/c16-14-12-4-2-1-3-11(12)13(9-17-14)15(19)18-10-5-7-21(20)8-6-10/h1-4,9-10H,5-8H2,(H2,16,17)(H,18,19). The minimum absolute atomic E-state index is 0.0894. The van der Waals surface area contributed by atoms with Crippen molar-refractivity contribution >= 4 is 33.3 Å². The Morgan fingerprint density at radius 3 is 2.62 bits per heavy atom. The molecule has 6 heteroatoms. The average Bonchev–Trinajstić information content (AvgIpc) is 2.50. The highest BCUT2D eigenvalue weighted by Gasteiger charge is 2.21. The lowest BCUT2D eigenvalue weighted by Crippen LogP contribution is -2.39. The number of nitrogens with zero attached hydrogens (tertiary/aromatic N) is 1. The molecule has 1 aromatic carbocycles. The molecule has 0 unspecified atom stereocenters. The summed E-state index contributed by atoms with van der Waals surface area (Å²) in [5.41, 5.74) is 6.38. The molecule has 0 atom stereocenters. The molecule has 0 aliphatic carbocycles. The van der Waals surface area contributed by atoms with E-state index in [2.05, 4.69) is 10.3 Å². The zero-order valence-electron chi connectivity index (χ0n) is 11.5. The van der Waals surface area contributed by atoms with Gasteiger partial charge in [-0.15, -0.1) is 0 Å². The van der Waals surface area contributed by atoms with Gasteiger partial charge in [0, 0.05) is 39.9 Å². The molecule has 1 aliphatic rings. The van der Waals surface area contributed by atoms with Gasteiger partial charge in [-0.2, -0.15) is 0 Å². The van der Waals surface area contributed by atoms with Crippen molar-refractivity contribution in [3.8, 4) is 0 Å². The van der Waals surface area contributed by atoms with Gasteiger partial charge in [-0.05, 0) is 18.2 Å². The van der Waals surface area contributed by atoms with Gasteiger partial charge in [0.1, 0.15) is 5.82 Å². The van der Waals surface area contributed by atoms with E-state index in [9.17, 15) is 9.00 Å². The lowest BCUT2D eigenvalue weighted by Gasteiger charge is -2.22. The number of carbonyl (C=O) groups excluding carboxylic acids is 1. The summed E-state index contributed by atoms with van der Waals surface area (Å²) in [6.45, 7) is 0. The molecule has 0 bridgehead atoms. The number of aromatic nitrogens is 1. The van der Waals surface area contributed by atoms with Crippen LogP contribution in [0.3, 0.4) is 0 Å². The highest BCUT2D eigenvalue weighted by Crippen LogP contribution is 2.22. The summed E-state index contributed by atoms with van der Waals surface area (Å²) in [5.74, 6) is 1.60. The van der Waals surface area contributed by atoms with Crippen LogP contribution in [-0.2, 0) is 10.8 Å². The van der Waals surface area contributed by atoms with Gasteiger partial charge in [0.25, 0.3) is 5.91 Å². The van der Waals surface area contributed by atoms with Crippen LogP contribution in [0.5, 0.6) is 0 Å². The van der Waals surface area contributed by atoms with Crippen molar-refractivity contribution in [3.05, 3.63) is 36.0 Å². The van der Waals surface area contributed by atoms with Crippen LogP contribution in [0.25, 0.3) is 10.8 Å². The van der Waals surface area contributed by atoms with Crippen molar-refractivity contribution < 1.29 is 9.00 Å². The molecule has 21 heavy (non-hydrogen) atoms. The fourth-order valence-corrected chi connectivity index (χ4v) is 3.90. The van der Waals surface area contributed by atoms with E-state index in [0.717, 1.165) is 23.6 Å². The SMILES string of the molecule is Nc1ncc(C(=O)NC2CCS(=O)CC2)c2ccccc12. The largest absolute Gasteiger partial charge is 0.383 e. The van der Waals surface area contributed by atoms with Crippen molar-refractivity contribution in [2.75, 3.05) is 17.2 Å². The molecular weight excluding hydrogens is 286 g/mol. The minimum atomic E-state index is -0.726. The summed E-state index contributed by atoms with van der Waals surface area (Å²) < 4.78 is 11.4. The van der Waals surface area contributed by atoms with Crippen molar-refractivity contribution in [3.63, 3.8) is 0 Å². The molecule has 5 nitrogen and oxygen atoms in total. The number of hydrogen-bond donors (Lipinski definition) is 2. The molecule has 0 saturated carbocycles. The zero-order chi connectivity index (χ0) is 14.8. The van der Waals surface area contributed by atoms with E-state index in [0.29, 0.717) is 22.9 Å². The van der Waals surface area contributed by atoms with E-state index in [1.165, 1.54) is 6.20 Å². The van der Waals surface area contributed by atoms with Crippen molar-refractivity contribution in [1.82, 2.24) is 10.3 Å². The van der Waals surface area contributed by atoms with Crippen LogP contribution in [0.4, 0.5) is 5.82 Å². The van der Waals surface area contributed by atoms with Crippen LogP contribution in [0.15, 0.2) is 30.5 Å². The second kappa shape index (κ2) is 5.81. The van der Waals surface area contributed by atoms with Gasteiger partial charge in [-0.3, -0.25) is 9.00 Å². The molecule has 0 spiro atoms. The highest BCUT2D eigenvalue weighted by atomic mass is 32.2. The predicted octanol–water partition coefficient (Wildman–Crippen LogP) is 1.46. The molecule has 3 rings (SSSR count). The Morgan fingerprint density at radius 2 is 1.90 bits per heavy atom. The van der Waals surface area contributed by atoms with Gasteiger partial charge in [-0.1, -0.05) is 24.3 Å². The summed E-state index contributed by atoms with van der Waals surface area (Å²) in [7, 11) is -0.726. The number of nitrogens with one attached hydrogen (secondary N) is 1. The first kappa shape index (κ1) is 14.0. The maximum atomic E-state index is 12.5. The third kappa shape index (κ3) is 2.90. The Morgan fingerprint density at radius 1 is 1.24 bits per heavy atom. The lowest BCUT2D eigenvalue weighted by atomic mass is 10.1. The number of carbonyl (C=O) groups is 1. The smallest absolute Gasteiger partial charge is 0.253 e. The number of amides is 1. The number of nitrogen functional groups attached to an aromatic ring is 1. The summed E-state index contributed by atoms with van der Waals surface area (Å²) in [6.07, 6.45) is 3.05. The quantitative estimate of drug-likeness (QED) is 0.879. The minimum Gasteiger partial charge on any atom is -0.383 e. The molecule has 1 aliphatic heterocycles. The van der Waals surface area contributed by atoms with Crippen LogP contribution >= 0.6 is 0 Å². The zero-order valence-corrected chi connectivity index (χ0v) is 12.4. The van der Waals surface area contributed by atoms with Crippen molar-refractivity contribution in [2.45, 2.75) is 18.9 Å². The second-order valence-corrected chi connectivity index (χ2v) is 6.89. The van der Waals surface area contributed by atoms with E-state index in [1.807, 2.05) is 24.3 Å². The normalized spacial score (nSPS) is 22.1. The molecule has 110 valence electrons. The summed E-state index contributed by atoms with van der Waals surface area (Å²) in [5, 5.41) is 4.61. The molecule has 1 aromatic heterocycles. The highest BCUT2D eigenvalue weighted by molar-refractivity contribution is 7.85. The number of anilines is 1. The van der Waals surface area contributed by atoms with E-state index in [1.54, 1.807) is 0 Å². The predicted molar refractivity (Wildman–Crippen MR) is 84.5 cm³/mol. The molecule has 2 aromatic rings. The number of fused-ring (bicyclic) bond motifs is 1. The fourth-order valence-electron chi connectivity index (χ4n) is 2.60. The van der Waals surface area contributed by atoms with E-state index >= 15 is 0 Å². The Kier molecular flexibility index (Phi) is 3.88. The Balaban J connectivity index is 1.85. The number of nitrogens with two attached hydrogens (primary N) is 1. The van der Waals surface area contributed by atoms with Gasteiger partial charge in [0.2, 0.25) is 0 Å². The molecule has 1 amide bonds. The van der Waals surface area contributed by atoms with Crippen LogP contribution < -0.4 is 11.1 Å². The summed E-state index contributed by atoms with van der Waals surface area (Å²) >= 11 is 0. The first-order valence-corrected chi connectivity index (χ1v) is 8.43. The maximum Gasteiger partial charge on any atom is 0.253 e. The molecule has 3 N–H and O–H groups in total. The van der Waals surface area contributed by atoms with Crippen molar-refractivity contribution in [1.29, 1.82) is 0 Å². The Bertz CT molecular complexity index is 707. The van der Waals surface area contributed by atoms with Gasteiger partial charge >= 0.3 is 0 Å². The topological polar surface area (TPSA) is 85.1 Å². The first-order valence-electron chi connectivity index (χ1n) is 6.94. The molecule has 1 saturated heterocycles. The van der Waals surface area contributed by atoms with E-state index in [4.69, 9.17) is 5.73 Å². The van der Waals surface area contributed by atoms with Crippen LogP contribution in [0, 0.1) is 0 Å². The van der Waals surface area contributed by atoms with Gasteiger partial charge in [-0.25, -0.2) is 4.98 Å². The molecule has 1 fully saturated rings. The Labute approximate surface area is 125 Å². The molecular formula is C15H17N3O2S. The van der Waals surface area contributed by atoms with E-state index in [-0.39, 0.29) is 11.9 Å². The number of benzene rings is 1. The van der Waals surface area contributed by atoms with Crippen LogP contribution in [0.1, 0.15) is 23.2 Å². The Hall–Kier alpha value is -1.95. The molecule has 0 radical (unpaired) electrons. The van der Waals surface area contributed by atoms with Gasteiger partial charge in [0.15, 0.2) is 0 Å². The lowest BCUT2D eigenvalue weighted by molar-refractivity contribution is 0.0936. The average molecular weight is 303 g/mol. The number of hydrogen-bond acceptors (Lipinski definition) is 4. The maximum absolute atomic E-state index is 12.5.